The van der Waals surface area contributed by atoms with Crippen LogP contribution in [0, 0.1) is 0 Å². The molecule has 0 aromatic heterocycles. The third-order valence-electron chi connectivity index (χ3n) is 2.24. The third-order valence-corrected chi connectivity index (χ3v) is 2.74. The van der Waals surface area contributed by atoms with Crippen LogP contribution in [-0.4, -0.2) is 19.8 Å². The molecule has 1 N–H and O–H groups in total. The zero-order valence-corrected chi connectivity index (χ0v) is 9.71. The Morgan fingerprint density at radius 3 is 3.00 bits per heavy atom. The largest absolute Gasteiger partial charge is 0.496 e. The second-order valence-electron chi connectivity index (χ2n) is 3.18. The minimum Gasteiger partial charge on any atom is -0.496 e. The van der Waals surface area contributed by atoms with Gasteiger partial charge in [-0.3, -0.25) is 0 Å². The summed E-state index contributed by atoms with van der Waals surface area (Å²) in [5.74, 6) is 0.736. The van der Waals surface area contributed by atoms with Crippen LogP contribution >= 0.6 is 15.9 Å². The number of benzene rings is 1. The second-order valence-corrected chi connectivity index (χ2v) is 4.10. The number of nitrogens with one attached hydrogen (secondary N) is 1. The van der Waals surface area contributed by atoms with Gasteiger partial charge in [0, 0.05) is 10.0 Å². The van der Waals surface area contributed by atoms with Crippen LogP contribution in [0.1, 0.15) is 11.6 Å². The topological polar surface area (TPSA) is 47.6 Å². The Morgan fingerprint density at radius 1 is 1.60 bits per heavy atom. The molecule has 1 amide bonds. The van der Waals surface area contributed by atoms with Gasteiger partial charge in [0.1, 0.15) is 12.4 Å². The third kappa shape index (κ3) is 2.07. The molecule has 1 saturated heterocycles. The van der Waals surface area contributed by atoms with E-state index in [1.54, 1.807) is 7.11 Å². The second kappa shape index (κ2) is 4.10. The van der Waals surface area contributed by atoms with Crippen molar-refractivity contribution in [1.82, 2.24) is 5.32 Å². The van der Waals surface area contributed by atoms with Crippen LogP contribution in [0.25, 0.3) is 0 Å². The summed E-state index contributed by atoms with van der Waals surface area (Å²) in [6.07, 6.45) is -0.384. The van der Waals surface area contributed by atoms with Crippen molar-refractivity contribution in [1.29, 1.82) is 0 Å². The fourth-order valence-electron chi connectivity index (χ4n) is 1.52. The van der Waals surface area contributed by atoms with E-state index in [1.807, 2.05) is 18.2 Å². The molecule has 0 spiro atoms. The maximum absolute atomic E-state index is 10.9. The Morgan fingerprint density at radius 2 is 2.40 bits per heavy atom. The van der Waals surface area contributed by atoms with Crippen molar-refractivity contribution in [3.8, 4) is 5.75 Å². The van der Waals surface area contributed by atoms with Crippen molar-refractivity contribution in [3.05, 3.63) is 28.2 Å². The van der Waals surface area contributed by atoms with Crippen molar-refractivity contribution in [3.63, 3.8) is 0 Å². The maximum atomic E-state index is 10.9. The molecule has 0 bridgehead atoms. The van der Waals surface area contributed by atoms with Gasteiger partial charge in [0.2, 0.25) is 0 Å². The standard InChI is InChI=1S/C10H10BrNO3/c1-14-9-4-6(11)2-3-7(9)8-5-15-10(13)12-8/h2-4,8H,5H2,1H3,(H,12,13)/t8-/m1/s1. The van der Waals surface area contributed by atoms with Crippen LogP contribution in [0.5, 0.6) is 5.75 Å². The number of hydrogen-bond acceptors (Lipinski definition) is 3. The van der Waals surface area contributed by atoms with Crippen molar-refractivity contribution < 1.29 is 14.3 Å². The number of ether oxygens (including phenoxy) is 2. The number of carbonyl (C=O) groups excluding carboxylic acids is 1. The van der Waals surface area contributed by atoms with Gasteiger partial charge in [-0.15, -0.1) is 0 Å². The van der Waals surface area contributed by atoms with Gasteiger partial charge in [-0.1, -0.05) is 22.0 Å². The lowest BCUT2D eigenvalue weighted by Gasteiger charge is -2.12. The van der Waals surface area contributed by atoms with Crippen LogP contribution < -0.4 is 10.1 Å². The minimum atomic E-state index is -0.384. The number of halogens is 1. The molecule has 1 atom stereocenters. The van der Waals surface area contributed by atoms with Gasteiger partial charge in [-0.2, -0.15) is 0 Å². The van der Waals surface area contributed by atoms with Crippen LogP contribution in [0.2, 0.25) is 0 Å². The zero-order valence-electron chi connectivity index (χ0n) is 8.12. The first-order chi connectivity index (χ1) is 7.20. The highest BCUT2D eigenvalue weighted by atomic mass is 79.9. The lowest BCUT2D eigenvalue weighted by molar-refractivity contribution is 0.177. The lowest BCUT2D eigenvalue weighted by Crippen LogP contribution is -2.18. The fourth-order valence-corrected chi connectivity index (χ4v) is 1.87. The van der Waals surface area contributed by atoms with Gasteiger partial charge in [0.05, 0.1) is 13.2 Å². The molecule has 0 saturated carbocycles. The molecule has 0 unspecified atom stereocenters. The number of carbonyl (C=O) groups is 1. The summed E-state index contributed by atoms with van der Waals surface area (Å²) < 4.78 is 11.0. The molecule has 15 heavy (non-hydrogen) atoms. The van der Waals surface area contributed by atoms with Gasteiger partial charge >= 0.3 is 6.09 Å². The van der Waals surface area contributed by atoms with Gasteiger partial charge < -0.3 is 14.8 Å². The lowest BCUT2D eigenvalue weighted by atomic mass is 10.1. The van der Waals surface area contributed by atoms with E-state index >= 15 is 0 Å². The zero-order chi connectivity index (χ0) is 10.8. The Balaban J connectivity index is 2.31. The molecule has 4 nitrogen and oxygen atoms in total. The molecule has 1 heterocycles. The summed E-state index contributed by atoms with van der Waals surface area (Å²) in [6, 6.07) is 5.55. The highest BCUT2D eigenvalue weighted by Crippen LogP contribution is 2.30. The molecule has 1 fully saturated rings. The van der Waals surface area contributed by atoms with E-state index in [2.05, 4.69) is 21.2 Å². The number of hydrogen-bond donors (Lipinski definition) is 1. The van der Waals surface area contributed by atoms with E-state index in [0.717, 1.165) is 15.8 Å². The van der Waals surface area contributed by atoms with Crippen molar-refractivity contribution >= 4 is 22.0 Å². The molecule has 1 aliphatic heterocycles. The predicted octanol–water partition coefficient (Wildman–Crippen LogP) is 2.24. The van der Waals surface area contributed by atoms with E-state index in [4.69, 9.17) is 9.47 Å². The minimum absolute atomic E-state index is 0.124. The van der Waals surface area contributed by atoms with Gasteiger partial charge in [0.15, 0.2) is 0 Å². The van der Waals surface area contributed by atoms with Crippen molar-refractivity contribution in [2.45, 2.75) is 6.04 Å². The van der Waals surface area contributed by atoms with E-state index in [-0.39, 0.29) is 12.1 Å². The predicted molar refractivity (Wildman–Crippen MR) is 57.9 cm³/mol. The summed E-state index contributed by atoms with van der Waals surface area (Å²) in [6.45, 7) is 0.344. The van der Waals surface area contributed by atoms with E-state index in [9.17, 15) is 4.79 Å². The van der Waals surface area contributed by atoms with E-state index < -0.39 is 0 Å². The SMILES string of the molecule is COc1cc(Br)ccc1[C@H]1COC(=O)N1. The van der Waals surface area contributed by atoms with Crippen LogP contribution in [-0.2, 0) is 4.74 Å². The van der Waals surface area contributed by atoms with Gasteiger partial charge in [-0.25, -0.2) is 4.79 Å². The molecule has 0 aliphatic carbocycles. The highest BCUT2D eigenvalue weighted by molar-refractivity contribution is 9.10. The highest BCUT2D eigenvalue weighted by Gasteiger charge is 2.26. The molecular formula is C10H10BrNO3. The Hall–Kier alpha value is -1.23. The molecule has 2 rings (SSSR count). The Labute approximate surface area is 95.7 Å². The van der Waals surface area contributed by atoms with Gasteiger partial charge in [-0.05, 0) is 12.1 Å². The van der Waals surface area contributed by atoms with Crippen molar-refractivity contribution in [2.24, 2.45) is 0 Å². The number of amides is 1. The molecule has 1 aliphatic rings. The van der Waals surface area contributed by atoms with Crippen LogP contribution in [0.15, 0.2) is 22.7 Å². The van der Waals surface area contributed by atoms with E-state index in [0.29, 0.717) is 6.61 Å². The molecule has 1 aromatic carbocycles. The van der Waals surface area contributed by atoms with E-state index in [1.165, 1.54) is 0 Å². The monoisotopic (exact) mass is 271 g/mol. The number of methoxy groups -OCH3 is 1. The molecule has 5 heteroatoms. The summed E-state index contributed by atoms with van der Waals surface area (Å²) in [7, 11) is 1.60. The number of rotatable bonds is 2. The smallest absolute Gasteiger partial charge is 0.407 e. The Kier molecular flexibility index (Phi) is 2.81. The average Bonchev–Trinajstić information content (AvgIpc) is 2.64. The first-order valence-corrected chi connectivity index (χ1v) is 5.26. The molecule has 0 radical (unpaired) electrons. The number of cyclic esters (lactones) is 1. The molecule has 1 aromatic rings. The summed E-state index contributed by atoms with van der Waals surface area (Å²) in [5, 5.41) is 2.71. The molecular weight excluding hydrogens is 262 g/mol. The summed E-state index contributed by atoms with van der Waals surface area (Å²) >= 11 is 3.36. The van der Waals surface area contributed by atoms with Gasteiger partial charge in [0.25, 0.3) is 0 Å². The summed E-state index contributed by atoms with van der Waals surface area (Å²) in [5.41, 5.74) is 0.923. The Bertz CT molecular complexity index is 394. The first-order valence-electron chi connectivity index (χ1n) is 4.47. The number of alkyl carbamates (subject to hydrolysis) is 1. The maximum Gasteiger partial charge on any atom is 0.407 e. The average molecular weight is 272 g/mol. The normalized spacial score (nSPS) is 19.6. The fraction of sp³-hybridized carbons (Fsp3) is 0.300. The molecule has 80 valence electrons. The van der Waals surface area contributed by atoms with Crippen LogP contribution in [0.3, 0.4) is 0 Å². The summed E-state index contributed by atoms with van der Waals surface area (Å²) in [4.78, 5) is 10.9. The van der Waals surface area contributed by atoms with Crippen molar-refractivity contribution in [2.75, 3.05) is 13.7 Å². The van der Waals surface area contributed by atoms with Crippen LogP contribution in [0.4, 0.5) is 4.79 Å². The quantitative estimate of drug-likeness (QED) is 0.898. The first kappa shape index (κ1) is 10.3.